The van der Waals surface area contributed by atoms with E-state index < -0.39 is 0 Å². The highest BCUT2D eigenvalue weighted by Crippen LogP contribution is 2.38. The van der Waals surface area contributed by atoms with Crippen LogP contribution in [0.25, 0.3) is 76.4 Å². The van der Waals surface area contributed by atoms with Crippen LogP contribution in [0.1, 0.15) is 0 Å². The maximum atomic E-state index is 4.67. The average Bonchev–Trinajstić information content (AvgIpc) is 2.95. The van der Waals surface area contributed by atoms with Crippen molar-refractivity contribution in [1.82, 2.24) is 9.97 Å². The van der Waals surface area contributed by atoms with Gasteiger partial charge in [0.2, 0.25) is 0 Å². The van der Waals surface area contributed by atoms with E-state index in [2.05, 4.69) is 107 Å². The number of hydrogen-bond donors (Lipinski definition) is 0. The molecule has 0 atom stereocenters. The lowest BCUT2D eigenvalue weighted by molar-refractivity contribution is 1.37. The third-order valence-electron chi connectivity index (χ3n) is 7.45. The molecular weight excluding hydrogens is 436 g/mol. The molecule has 0 saturated carbocycles. The molecule has 2 aromatic heterocycles. The third kappa shape index (κ3) is 2.79. The molecule has 2 heteroatoms. The van der Waals surface area contributed by atoms with Gasteiger partial charge in [-0.25, -0.2) is 0 Å². The number of pyridine rings is 2. The number of rotatable bonds is 2. The van der Waals surface area contributed by atoms with Crippen LogP contribution in [0.2, 0.25) is 0 Å². The summed E-state index contributed by atoms with van der Waals surface area (Å²) in [6.07, 6.45) is 3.68. The predicted octanol–water partition coefficient (Wildman–Crippen LogP) is 9.01. The predicted molar refractivity (Wildman–Crippen MR) is 152 cm³/mol. The maximum absolute atomic E-state index is 4.67. The first-order valence-corrected chi connectivity index (χ1v) is 12.2. The van der Waals surface area contributed by atoms with E-state index in [1.54, 1.807) is 0 Å². The molecule has 2 nitrogen and oxygen atoms in total. The summed E-state index contributed by atoms with van der Waals surface area (Å²) in [7, 11) is 0. The molecule has 0 fully saturated rings. The van der Waals surface area contributed by atoms with Crippen LogP contribution in [0.5, 0.6) is 0 Å². The van der Waals surface area contributed by atoms with Gasteiger partial charge in [-0.1, -0.05) is 78.9 Å². The molecule has 0 aliphatic carbocycles. The summed E-state index contributed by atoms with van der Waals surface area (Å²) in [5.41, 5.74) is 6.71. The summed E-state index contributed by atoms with van der Waals surface area (Å²) in [6.45, 7) is 0. The summed E-state index contributed by atoms with van der Waals surface area (Å²) in [6, 6.07) is 39.6. The van der Waals surface area contributed by atoms with E-state index in [-0.39, 0.29) is 0 Å². The van der Waals surface area contributed by atoms with Crippen molar-refractivity contribution in [2.75, 3.05) is 0 Å². The highest BCUT2D eigenvalue weighted by molar-refractivity contribution is 6.23. The highest BCUT2D eigenvalue weighted by atomic mass is 14.7. The quantitative estimate of drug-likeness (QED) is 0.243. The minimum absolute atomic E-state index is 0.946. The van der Waals surface area contributed by atoms with Gasteiger partial charge >= 0.3 is 0 Å². The minimum atomic E-state index is 0.946. The van der Waals surface area contributed by atoms with Crippen molar-refractivity contribution in [3.8, 4) is 22.3 Å². The smallest absolute Gasteiger partial charge is 0.0970 e. The zero-order valence-corrected chi connectivity index (χ0v) is 19.4. The first-order chi connectivity index (χ1) is 17.8. The molecule has 0 aliphatic heterocycles. The van der Waals surface area contributed by atoms with Crippen molar-refractivity contribution in [2.24, 2.45) is 0 Å². The normalized spacial score (nSPS) is 11.9. The van der Waals surface area contributed by atoms with Crippen LogP contribution in [-0.4, -0.2) is 9.97 Å². The monoisotopic (exact) mass is 456 g/mol. The molecular formula is C34H20N2. The summed E-state index contributed by atoms with van der Waals surface area (Å²) < 4.78 is 0. The Morgan fingerprint density at radius 3 is 1.72 bits per heavy atom. The summed E-state index contributed by atoms with van der Waals surface area (Å²) in [4.78, 5) is 9.26. The van der Waals surface area contributed by atoms with E-state index in [9.17, 15) is 0 Å². The second kappa shape index (κ2) is 7.34. The molecule has 0 aliphatic rings. The van der Waals surface area contributed by atoms with Gasteiger partial charge in [-0.3, -0.25) is 9.97 Å². The summed E-state index contributed by atoms with van der Waals surface area (Å²) in [5.74, 6) is 0. The van der Waals surface area contributed by atoms with E-state index in [1.807, 2.05) is 24.5 Å². The van der Waals surface area contributed by atoms with Gasteiger partial charge in [0.05, 0.1) is 11.0 Å². The molecule has 8 rings (SSSR count). The van der Waals surface area contributed by atoms with Crippen LogP contribution in [-0.2, 0) is 0 Å². The summed E-state index contributed by atoms with van der Waals surface area (Å²) in [5, 5.41) is 10.1. The first kappa shape index (κ1) is 19.5. The topological polar surface area (TPSA) is 25.8 Å². The van der Waals surface area contributed by atoms with Crippen LogP contribution >= 0.6 is 0 Å². The van der Waals surface area contributed by atoms with Gasteiger partial charge in [0.1, 0.15) is 0 Å². The second-order valence-electron chi connectivity index (χ2n) is 9.48. The van der Waals surface area contributed by atoms with Gasteiger partial charge in [-0.2, -0.15) is 0 Å². The van der Waals surface area contributed by atoms with E-state index in [4.69, 9.17) is 0 Å². The largest absolute Gasteiger partial charge is 0.254 e. The fourth-order valence-corrected chi connectivity index (χ4v) is 5.78. The molecule has 0 amide bonds. The van der Waals surface area contributed by atoms with Crippen LogP contribution in [0.15, 0.2) is 122 Å². The van der Waals surface area contributed by atoms with Crippen molar-refractivity contribution >= 4 is 54.1 Å². The Morgan fingerprint density at radius 1 is 0.389 bits per heavy atom. The molecule has 0 N–H and O–H groups in total. The van der Waals surface area contributed by atoms with E-state index in [0.29, 0.717) is 0 Å². The van der Waals surface area contributed by atoms with Crippen molar-refractivity contribution in [2.45, 2.75) is 0 Å². The number of hydrogen-bond acceptors (Lipinski definition) is 2. The molecule has 0 bridgehead atoms. The Balaban J connectivity index is 1.29. The van der Waals surface area contributed by atoms with Gasteiger partial charge in [0, 0.05) is 23.2 Å². The molecule has 6 aromatic carbocycles. The van der Waals surface area contributed by atoms with E-state index in [0.717, 1.165) is 21.8 Å². The van der Waals surface area contributed by atoms with Crippen LogP contribution in [0.4, 0.5) is 0 Å². The Bertz CT molecular complexity index is 2020. The highest BCUT2D eigenvalue weighted by Gasteiger charge is 2.12. The molecule has 0 radical (unpaired) electrons. The summed E-state index contributed by atoms with van der Waals surface area (Å²) >= 11 is 0. The van der Waals surface area contributed by atoms with Crippen LogP contribution < -0.4 is 0 Å². The lowest BCUT2D eigenvalue weighted by Crippen LogP contribution is -1.89. The van der Waals surface area contributed by atoms with Crippen molar-refractivity contribution in [3.05, 3.63) is 122 Å². The lowest BCUT2D eigenvalue weighted by Gasteiger charge is -2.13. The maximum Gasteiger partial charge on any atom is 0.0970 e. The third-order valence-corrected chi connectivity index (χ3v) is 7.45. The number of benzene rings is 6. The van der Waals surface area contributed by atoms with Gasteiger partial charge in [0.15, 0.2) is 0 Å². The molecule has 166 valence electrons. The van der Waals surface area contributed by atoms with Gasteiger partial charge in [-0.15, -0.1) is 0 Å². The van der Waals surface area contributed by atoms with E-state index in [1.165, 1.54) is 54.6 Å². The second-order valence-corrected chi connectivity index (χ2v) is 9.48. The molecule has 0 spiro atoms. The van der Waals surface area contributed by atoms with Crippen molar-refractivity contribution < 1.29 is 0 Å². The van der Waals surface area contributed by atoms with Crippen molar-refractivity contribution in [3.63, 3.8) is 0 Å². The first-order valence-electron chi connectivity index (χ1n) is 12.2. The molecule has 8 aromatic rings. The van der Waals surface area contributed by atoms with Crippen LogP contribution in [0, 0.1) is 0 Å². The van der Waals surface area contributed by atoms with Gasteiger partial charge < -0.3 is 0 Å². The Morgan fingerprint density at radius 2 is 0.972 bits per heavy atom. The van der Waals surface area contributed by atoms with E-state index >= 15 is 0 Å². The Hall–Kier alpha value is -4.82. The minimum Gasteiger partial charge on any atom is -0.254 e. The molecule has 0 unspecified atom stereocenters. The standard InChI is InChI=1S/C34H20N2/c1-4-23-12-14-25-18-28(19-26-15-13-24(5-1)31(23)32(25)26)21-8-10-22(11-9-21)30-20-27-6-2-16-35-33(27)34-29(30)7-3-17-36-34/h1-20H. The fourth-order valence-electron chi connectivity index (χ4n) is 5.78. The van der Waals surface area contributed by atoms with Gasteiger partial charge in [0.25, 0.3) is 0 Å². The Labute approximate surface area is 207 Å². The number of aromatic nitrogens is 2. The van der Waals surface area contributed by atoms with Crippen LogP contribution in [0.3, 0.4) is 0 Å². The molecule has 2 heterocycles. The lowest BCUT2D eigenvalue weighted by atomic mass is 9.91. The number of fused-ring (bicyclic) bond motifs is 3. The number of nitrogens with zero attached hydrogens (tertiary/aromatic N) is 2. The Kier molecular flexibility index (Phi) is 3.97. The fraction of sp³-hybridized carbons (Fsp3) is 0. The SMILES string of the molecule is c1cnc2c(c1)cc(-c1ccc(-c3cc4ccc5cccc6ccc(c3)c4c56)cc1)c1cccnc12. The average molecular weight is 457 g/mol. The molecule has 0 saturated heterocycles. The van der Waals surface area contributed by atoms with Crippen molar-refractivity contribution in [1.29, 1.82) is 0 Å². The van der Waals surface area contributed by atoms with Gasteiger partial charge in [-0.05, 0) is 84.9 Å². The zero-order valence-electron chi connectivity index (χ0n) is 19.4. The zero-order chi connectivity index (χ0) is 23.6. The molecule has 36 heavy (non-hydrogen) atoms.